The minimum atomic E-state index is -2.44. The third kappa shape index (κ3) is 6.66. The molecule has 0 saturated carbocycles. The third-order valence-corrected chi connectivity index (χ3v) is 21.2. The normalized spacial score (nSPS) is 13.2. The molecule has 0 aromatic carbocycles. The van der Waals surface area contributed by atoms with Crippen LogP contribution >= 0.6 is 0 Å². The van der Waals surface area contributed by atoms with E-state index in [1.165, 1.54) is 57.5 Å². The predicted molar refractivity (Wildman–Crippen MR) is 109 cm³/mol. The molecule has 24 heavy (non-hydrogen) atoms. The van der Waals surface area contributed by atoms with Gasteiger partial charge in [-0.25, -0.2) is 0 Å². The monoisotopic (exact) mass is 441 g/mol. The van der Waals surface area contributed by atoms with Crippen LogP contribution in [0, 0.1) is 0 Å². The van der Waals surface area contributed by atoms with Gasteiger partial charge in [-0.3, -0.25) is 0 Å². The number of unbranched alkanes of at least 4 members (excludes halogenated alkanes) is 3. The molecule has 0 aliphatic rings. The molecule has 2 nitrogen and oxygen atoms in total. The molecule has 0 amide bonds. The van der Waals surface area contributed by atoms with E-state index in [0.717, 1.165) is 12.8 Å². The first-order valence-corrected chi connectivity index (χ1v) is 17.7. The van der Waals surface area contributed by atoms with Crippen molar-refractivity contribution >= 4 is 22.0 Å². The number of hydrogen-bond acceptors (Lipinski definition) is 2. The quantitative estimate of drug-likeness (QED) is 0.414. The molecule has 0 aliphatic heterocycles. The van der Waals surface area contributed by atoms with Crippen LogP contribution in [0.5, 0.6) is 0 Å². The number of aliphatic hydroxyl groups is 1. The summed E-state index contributed by atoms with van der Waals surface area (Å²) in [5, 5.41) is 10.2. The number of hydrogen-bond donors (Lipinski definition) is 1. The third-order valence-electron chi connectivity index (χ3n) is 5.39. The molecule has 0 radical (unpaired) electrons. The average Bonchev–Trinajstić information content (AvgIpc) is 2.62. The standard InChI is InChI=1S/C9H12NO.3C4H9.Sn/c1-2-9(11)7-8-5-3-4-6-10-8;3*1-3-4-2;/h3-4,6,9,11H,2,7H2,1H3;3*1,3-4H2,2H3;. The zero-order chi connectivity index (χ0) is 17.8. The molecular formula is C21H39NOSn. The SMILES string of the molecule is CCC[CH2][Sn]([CH2]CCC)([CH2]CCC)[c]1cccnc1CC(O)CC. The molecule has 1 aromatic heterocycles. The summed E-state index contributed by atoms with van der Waals surface area (Å²) in [5.41, 5.74) is 1.23. The molecule has 1 atom stereocenters. The summed E-state index contributed by atoms with van der Waals surface area (Å²) in [6.07, 6.45) is 11.2. The van der Waals surface area contributed by atoms with E-state index in [9.17, 15) is 5.11 Å². The molecule has 1 N–H and O–H groups in total. The number of nitrogens with zero attached hydrogens (tertiary/aromatic N) is 1. The van der Waals surface area contributed by atoms with Crippen LogP contribution in [0.15, 0.2) is 18.3 Å². The maximum atomic E-state index is 10.2. The summed E-state index contributed by atoms with van der Waals surface area (Å²) in [5.74, 6) is 0. The summed E-state index contributed by atoms with van der Waals surface area (Å²) in [6, 6.07) is 4.54. The molecule has 0 aliphatic carbocycles. The van der Waals surface area contributed by atoms with E-state index >= 15 is 0 Å². The summed E-state index contributed by atoms with van der Waals surface area (Å²) in [4.78, 5) is 4.75. The van der Waals surface area contributed by atoms with Crippen molar-refractivity contribution in [2.45, 2.75) is 98.5 Å². The summed E-state index contributed by atoms with van der Waals surface area (Å²) < 4.78 is 6.03. The fourth-order valence-electron chi connectivity index (χ4n) is 3.78. The van der Waals surface area contributed by atoms with E-state index in [1.54, 1.807) is 3.58 Å². The Morgan fingerprint density at radius 1 is 0.958 bits per heavy atom. The van der Waals surface area contributed by atoms with Gasteiger partial charge in [0.25, 0.3) is 0 Å². The van der Waals surface area contributed by atoms with Crippen molar-refractivity contribution in [3.05, 3.63) is 24.0 Å². The van der Waals surface area contributed by atoms with Crippen LogP contribution < -0.4 is 3.58 Å². The van der Waals surface area contributed by atoms with Gasteiger partial charge in [0.1, 0.15) is 0 Å². The van der Waals surface area contributed by atoms with Gasteiger partial charge in [-0.15, -0.1) is 0 Å². The molecule has 0 bridgehead atoms. The van der Waals surface area contributed by atoms with Crippen molar-refractivity contribution in [2.75, 3.05) is 0 Å². The van der Waals surface area contributed by atoms with E-state index in [4.69, 9.17) is 4.98 Å². The second-order valence-electron chi connectivity index (χ2n) is 7.35. The van der Waals surface area contributed by atoms with E-state index in [2.05, 4.69) is 39.8 Å². The first-order valence-electron chi connectivity index (χ1n) is 10.3. The summed E-state index contributed by atoms with van der Waals surface area (Å²) >= 11 is -2.44. The van der Waals surface area contributed by atoms with E-state index < -0.39 is 18.4 Å². The van der Waals surface area contributed by atoms with Gasteiger partial charge in [-0.05, 0) is 0 Å². The van der Waals surface area contributed by atoms with Crippen LogP contribution in [0.4, 0.5) is 0 Å². The van der Waals surface area contributed by atoms with Crippen LogP contribution in [0.25, 0.3) is 0 Å². The zero-order valence-electron chi connectivity index (χ0n) is 16.5. The molecule has 0 spiro atoms. The number of pyridine rings is 1. The van der Waals surface area contributed by atoms with Crippen LogP contribution in [-0.2, 0) is 6.42 Å². The Bertz CT molecular complexity index is 427. The van der Waals surface area contributed by atoms with Gasteiger partial charge in [-0.1, -0.05) is 0 Å². The van der Waals surface area contributed by atoms with Gasteiger partial charge >= 0.3 is 155 Å². The molecule has 3 heteroatoms. The Kier molecular flexibility index (Phi) is 11.2. The van der Waals surface area contributed by atoms with Crippen LogP contribution in [0.1, 0.15) is 78.3 Å². The van der Waals surface area contributed by atoms with Gasteiger partial charge < -0.3 is 0 Å². The topological polar surface area (TPSA) is 33.1 Å². The predicted octanol–water partition coefficient (Wildman–Crippen LogP) is 5.45. The second-order valence-corrected chi connectivity index (χ2v) is 20.5. The number of aliphatic hydroxyl groups excluding tert-OH is 1. The van der Waals surface area contributed by atoms with Crippen molar-refractivity contribution in [1.82, 2.24) is 4.98 Å². The van der Waals surface area contributed by atoms with Crippen LogP contribution in [-0.4, -0.2) is 34.6 Å². The molecule has 0 fully saturated rings. The van der Waals surface area contributed by atoms with E-state index in [1.807, 2.05) is 6.20 Å². The second kappa shape index (κ2) is 12.3. The Hall–Kier alpha value is -0.0913. The van der Waals surface area contributed by atoms with Crippen LogP contribution in [0.3, 0.4) is 0 Å². The first-order chi connectivity index (χ1) is 11.6. The fraction of sp³-hybridized carbons (Fsp3) is 0.762. The van der Waals surface area contributed by atoms with Gasteiger partial charge in [-0.2, -0.15) is 0 Å². The van der Waals surface area contributed by atoms with Crippen molar-refractivity contribution in [3.63, 3.8) is 0 Å². The Morgan fingerprint density at radius 3 is 1.96 bits per heavy atom. The fourth-order valence-corrected chi connectivity index (χ4v) is 20.6. The van der Waals surface area contributed by atoms with Gasteiger partial charge in [0.15, 0.2) is 0 Å². The number of aromatic nitrogens is 1. The molecule has 1 unspecified atom stereocenters. The number of rotatable bonds is 13. The van der Waals surface area contributed by atoms with Crippen molar-refractivity contribution < 1.29 is 5.11 Å². The van der Waals surface area contributed by atoms with Crippen molar-refractivity contribution in [1.29, 1.82) is 0 Å². The molecule has 1 rings (SSSR count). The Labute approximate surface area is 154 Å². The summed E-state index contributed by atoms with van der Waals surface area (Å²) in [6.45, 7) is 9.03. The van der Waals surface area contributed by atoms with E-state index in [0.29, 0.717) is 0 Å². The zero-order valence-corrected chi connectivity index (χ0v) is 19.3. The van der Waals surface area contributed by atoms with Crippen molar-refractivity contribution in [3.8, 4) is 0 Å². The van der Waals surface area contributed by atoms with Gasteiger partial charge in [0.2, 0.25) is 0 Å². The molecule has 1 heterocycles. The van der Waals surface area contributed by atoms with Gasteiger partial charge in [0, 0.05) is 0 Å². The molecular weight excluding hydrogens is 401 g/mol. The summed E-state index contributed by atoms with van der Waals surface area (Å²) in [7, 11) is 0. The Balaban J connectivity index is 3.23. The Morgan fingerprint density at radius 2 is 1.50 bits per heavy atom. The maximum absolute atomic E-state index is 10.2. The molecule has 1 aromatic rings. The van der Waals surface area contributed by atoms with Gasteiger partial charge in [0.05, 0.1) is 0 Å². The first kappa shape index (κ1) is 22.0. The van der Waals surface area contributed by atoms with Crippen LogP contribution in [0.2, 0.25) is 13.3 Å². The molecule has 138 valence electrons. The van der Waals surface area contributed by atoms with Crippen molar-refractivity contribution in [2.24, 2.45) is 0 Å². The molecule has 0 saturated heterocycles. The average molecular weight is 440 g/mol. The minimum absolute atomic E-state index is 0.244. The van der Waals surface area contributed by atoms with E-state index in [-0.39, 0.29) is 6.10 Å².